The highest BCUT2D eigenvalue weighted by molar-refractivity contribution is 6.31. The summed E-state index contributed by atoms with van der Waals surface area (Å²) in [6, 6.07) is 26.1. The van der Waals surface area contributed by atoms with E-state index in [1.165, 1.54) is 0 Å². The van der Waals surface area contributed by atoms with Crippen LogP contribution in [0.15, 0.2) is 110 Å². The number of halogens is 2. The van der Waals surface area contributed by atoms with Gasteiger partial charge < -0.3 is 31.5 Å². The lowest BCUT2D eigenvalue weighted by Gasteiger charge is -2.09. The van der Waals surface area contributed by atoms with Gasteiger partial charge in [-0.25, -0.2) is 29.9 Å². The molecule has 0 aliphatic carbocycles. The zero-order chi connectivity index (χ0) is 35.0. The molecule has 0 bridgehead atoms. The maximum Gasteiger partial charge on any atom is 0.227 e. The molecule has 0 aliphatic rings. The van der Waals surface area contributed by atoms with Crippen molar-refractivity contribution in [2.75, 3.05) is 47.6 Å². The molecule has 0 aliphatic heterocycles. The molecule has 0 radical (unpaired) electrons. The molecule has 14 heteroatoms. The summed E-state index contributed by atoms with van der Waals surface area (Å²) in [4.78, 5) is 26.1. The highest BCUT2D eigenvalue weighted by Gasteiger charge is 2.07. The molecule has 6 N–H and O–H groups in total. The zero-order valence-corrected chi connectivity index (χ0v) is 28.5. The van der Waals surface area contributed by atoms with Gasteiger partial charge in [0.2, 0.25) is 11.9 Å². The van der Waals surface area contributed by atoms with E-state index in [0.29, 0.717) is 47.9 Å². The first-order valence-corrected chi connectivity index (χ1v) is 16.6. The molecular formula is C36H36Cl2N10O2. The normalized spacial score (nSPS) is 10.5. The lowest BCUT2D eigenvalue weighted by atomic mass is 10.2. The van der Waals surface area contributed by atoms with Crippen molar-refractivity contribution < 1.29 is 10.2 Å². The molecule has 0 saturated carbocycles. The summed E-state index contributed by atoms with van der Waals surface area (Å²) in [6.07, 6.45) is 8.20. The monoisotopic (exact) mass is 710 g/mol. The molecule has 0 amide bonds. The molecule has 12 nitrogen and oxygen atoms in total. The van der Waals surface area contributed by atoms with Gasteiger partial charge in [0.15, 0.2) is 0 Å². The van der Waals surface area contributed by atoms with Crippen LogP contribution in [0.5, 0.6) is 0 Å². The minimum atomic E-state index is 0.150. The average molecular weight is 712 g/mol. The Balaban J connectivity index is 0.000000194. The Morgan fingerprint density at radius 1 is 0.520 bits per heavy atom. The number of aliphatic hydroxyl groups is 2. The van der Waals surface area contributed by atoms with Crippen LogP contribution in [0, 0.1) is 0 Å². The van der Waals surface area contributed by atoms with Crippen LogP contribution in [0.25, 0.3) is 22.5 Å². The molecule has 0 fully saturated rings. The quantitative estimate of drug-likeness (QED) is 0.0619. The summed E-state index contributed by atoms with van der Waals surface area (Å²) in [7, 11) is 0. The number of hydrogen-bond acceptors (Lipinski definition) is 12. The van der Waals surface area contributed by atoms with Crippen LogP contribution in [-0.2, 0) is 0 Å². The second-order valence-electron chi connectivity index (χ2n) is 10.7. The minimum absolute atomic E-state index is 0.150. The number of pyridine rings is 2. The lowest BCUT2D eigenvalue weighted by molar-refractivity contribution is 0.292. The molecule has 0 unspecified atom stereocenters. The van der Waals surface area contributed by atoms with Gasteiger partial charge in [0.25, 0.3) is 0 Å². The van der Waals surface area contributed by atoms with Crippen LogP contribution in [-0.4, -0.2) is 66.4 Å². The van der Waals surface area contributed by atoms with E-state index in [2.05, 4.69) is 51.2 Å². The maximum atomic E-state index is 8.85. The lowest BCUT2D eigenvalue weighted by Crippen LogP contribution is -2.05. The molecule has 2 aromatic carbocycles. The average Bonchev–Trinajstić information content (AvgIpc) is 3.13. The Labute approximate surface area is 300 Å². The Morgan fingerprint density at radius 3 is 1.38 bits per heavy atom. The van der Waals surface area contributed by atoms with Crippen molar-refractivity contribution in [2.45, 2.75) is 12.8 Å². The second-order valence-corrected chi connectivity index (χ2v) is 11.5. The highest BCUT2D eigenvalue weighted by atomic mass is 35.5. The zero-order valence-electron chi connectivity index (χ0n) is 27.0. The van der Waals surface area contributed by atoms with Crippen LogP contribution in [0.2, 0.25) is 10.0 Å². The van der Waals surface area contributed by atoms with Crippen LogP contribution < -0.4 is 21.3 Å². The van der Waals surface area contributed by atoms with Crippen LogP contribution in [0.4, 0.5) is 34.9 Å². The smallest absolute Gasteiger partial charge is 0.227 e. The predicted octanol–water partition coefficient (Wildman–Crippen LogP) is 7.46. The molecule has 256 valence electrons. The largest absolute Gasteiger partial charge is 0.396 e. The molecule has 4 aromatic heterocycles. The molecule has 0 spiro atoms. The van der Waals surface area contributed by atoms with Gasteiger partial charge in [-0.3, -0.25) is 0 Å². The van der Waals surface area contributed by atoms with Crippen molar-refractivity contribution in [3.63, 3.8) is 0 Å². The fourth-order valence-electron chi connectivity index (χ4n) is 4.51. The number of aliphatic hydroxyl groups excluding tert-OH is 2. The van der Waals surface area contributed by atoms with E-state index in [9.17, 15) is 0 Å². The SMILES string of the molecule is OCCCNc1cc(-c2ccnc(Nc3cccc(Cl)c3)n2)ccn1.OCCCNc1cc(-c2ccnc(Nc3cccc(Cl)c3)n2)ccn1. The van der Waals surface area contributed by atoms with Gasteiger partial charge in [0.05, 0.1) is 11.4 Å². The van der Waals surface area contributed by atoms with E-state index in [0.717, 1.165) is 45.5 Å². The molecule has 50 heavy (non-hydrogen) atoms. The molecule has 0 atom stereocenters. The van der Waals surface area contributed by atoms with Crippen LogP contribution in [0.3, 0.4) is 0 Å². The number of nitrogens with zero attached hydrogens (tertiary/aromatic N) is 6. The van der Waals surface area contributed by atoms with Crippen molar-refractivity contribution in [1.29, 1.82) is 0 Å². The number of hydrogen-bond donors (Lipinski definition) is 6. The van der Waals surface area contributed by atoms with Crippen LogP contribution >= 0.6 is 23.2 Å². The van der Waals surface area contributed by atoms with Crippen molar-refractivity contribution >= 4 is 58.1 Å². The first kappa shape index (κ1) is 35.9. The van der Waals surface area contributed by atoms with Crippen LogP contribution in [0.1, 0.15) is 12.8 Å². The summed E-state index contributed by atoms with van der Waals surface area (Å²) < 4.78 is 0. The molecular weight excluding hydrogens is 675 g/mol. The maximum absolute atomic E-state index is 8.85. The Morgan fingerprint density at radius 2 is 0.960 bits per heavy atom. The van der Waals surface area contributed by atoms with E-state index in [1.54, 1.807) is 24.8 Å². The molecule has 4 heterocycles. The van der Waals surface area contributed by atoms with E-state index in [4.69, 9.17) is 33.4 Å². The van der Waals surface area contributed by atoms with Gasteiger partial charge >= 0.3 is 0 Å². The summed E-state index contributed by atoms with van der Waals surface area (Å²) in [6.45, 7) is 1.63. The number of aromatic nitrogens is 6. The number of rotatable bonds is 14. The summed E-state index contributed by atoms with van der Waals surface area (Å²) >= 11 is 12.0. The van der Waals surface area contributed by atoms with Crippen molar-refractivity contribution in [3.05, 3.63) is 120 Å². The standard InChI is InChI=1S/2C18H18ClN5O/c2*19-14-3-1-4-15(12-14)23-18-22-9-6-16(24-18)13-5-8-21-17(11-13)20-7-2-10-25/h2*1,3-6,8-9,11-12,25H,2,7,10H2,(H,20,21)(H,22,23,24). The molecule has 0 saturated heterocycles. The Hall–Kier alpha value is -5.40. The second kappa shape index (κ2) is 19.0. The van der Waals surface area contributed by atoms with Crippen molar-refractivity contribution in [3.8, 4) is 22.5 Å². The fourth-order valence-corrected chi connectivity index (χ4v) is 4.89. The van der Waals surface area contributed by atoms with E-state index < -0.39 is 0 Å². The van der Waals surface area contributed by atoms with E-state index >= 15 is 0 Å². The number of nitrogens with one attached hydrogen (secondary N) is 4. The molecule has 6 aromatic rings. The van der Waals surface area contributed by atoms with Crippen molar-refractivity contribution in [1.82, 2.24) is 29.9 Å². The topological polar surface area (TPSA) is 166 Å². The van der Waals surface area contributed by atoms with Gasteiger partial charge in [-0.15, -0.1) is 0 Å². The van der Waals surface area contributed by atoms with Gasteiger partial charge in [0, 0.05) is 83.6 Å². The first-order valence-electron chi connectivity index (χ1n) is 15.8. The highest BCUT2D eigenvalue weighted by Crippen LogP contribution is 2.24. The molecule has 6 rings (SSSR count). The van der Waals surface area contributed by atoms with Gasteiger partial charge in [-0.1, -0.05) is 35.3 Å². The predicted molar refractivity (Wildman–Crippen MR) is 200 cm³/mol. The van der Waals surface area contributed by atoms with Gasteiger partial charge in [-0.05, 0) is 85.6 Å². The van der Waals surface area contributed by atoms with E-state index in [-0.39, 0.29) is 13.2 Å². The number of anilines is 6. The minimum Gasteiger partial charge on any atom is -0.396 e. The first-order chi connectivity index (χ1) is 24.5. The summed E-state index contributed by atoms with van der Waals surface area (Å²) in [5.74, 6) is 2.47. The van der Waals surface area contributed by atoms with E-state index in [1.807, 2.05) is 84.9 Å². The van der Waals surface area contributed by atoms with Gasteiger partial charge in [-0.2, -0.15) is 0 Å². The Kier molecular flexibility index (Phi) is 13.6. The fraction of sp³-hybridized carbons (Fsp3) is 0.167. The summed E-state index contributed by atoms with van der Waals surface area (Å²) in [5.41, 5.74) is 5.08. The third-order valence-corrected chi connectivity index (χ3v) is 7.34. The third-order valence-electron chi connectivity index (χ3n) is 6.87. The number of benzene rings is 2. The third kappa shape index (κ3) is 11.3. The summed E-state index contributed by atoms with van der Waals surface area (Å²) in [5, 5.41) is 31.6. The van der Waals surface area contributed by atoms with Gasteiger partial charge in [0.1, 0.15) is 11.6 Å². The van der Waals surface area contributed by atoms with Crippen molar-refractivity contribution in [2.24, 2.45) is 0 Å². The Bertz CT molecular complexity index is 1830.